The van der Waals surface area contributed by atoms with E-state index < -0.39 is 22.8 Å². The zero-order valence-electron chi connectivity index (χ0n) is 17.2. The Hall–Kier alpha value is -5.37. The molecule has 0 fully saturated rings. The van der Waals surface area contributed by atoms with E-state index in [0.717, 1.165) is 11.6 Å². The molecule has 2 aliphatic rings. The van der Waals surface area contributed by atoms with Crippen molar-refractivity contribution in [3.63, 3.8) is 0 Å². The van der Waals surface area contributed by atoms with E-state index in [4.69, 9.17) is 0 Å². The van der Waals surface area contributed by atoms with Crippen LogP contribution in [-0.2, 0) is 0 Å². The van der Waals surface area contributed by atoms with Crippen LogP contribution in [0.5, 0.6) is 0 Å². The SMILES string of the molecule is N#CC(C#N)=C1/C(=C2/c3ccccc3-c3ncccc32)C(=C(C#N)C#N)c2c(F)cc(F)cc21. The van der Waals surface area contributed by atoms with E-state index in [0.29, 0.717) is 28.5 Å². The summed E-state index contributed by atoms with van der Waals surface area (Å²) in [5.74, 6) is -1.92. The lowest BCUT2D eigenvalue weighted by atomic mass is 9.88. The van der Waals surface area contributed by atoms with Crippen LogP contribution in [0.25, 0.3) is 28.0 Å². The molecule has 156 valence electrons. The normalized spacial score (nSPS) is 14.8. The number of hydrogen-bond acceptors (Lipinski definition) is 5. The zero-order valence-corrected chi connectivity index (χ0v) is 17.2. The molecule has 0 bridgehead atoms. The lowest BCUT2D eigenvalue weighted by molar-refractivity contribution is 0.581. The number of aromatic nitrogens is 1. The molecule has 0 atom stereocenters. The summed E-state index contributed by atoms with van der Waals surface area (Å²) >= 11 is 0. The highest BCUT2D eigenvalue weighted by molar-refractivity contribution is 6.21. The summed E-state index contributed by atoms with van der Waals surface area (Å²) in [7, 11) is 0. The standard InChI is InChI=1S/C27H9F2N5/c28-16-8-20-22(14(10-30)11-31)26(23(15(12-32)13-33)25(20)21(29)9-16)24-17-4-1-2-5-18(17)27-19(24)6-3-7-34-27/h1-9H/b26-24+. The van der Waals surface area contributed by atoms with Gasteiger partial charge in [-0.15, -0.1) is 0 Å². The van der Waals surface area contributed by atoms with Crippen molar-refractivity contribution in [2.24, 2.45) is 0 Å². The van der Waals surface area contributed by atoms with E-state index >= 15 is 4.39 Å². The van der Waals surface area contributed by atoms with Gasteiger partial charge in [0.1, 0.15) is 47.1 Å². The fourth-order valence-electron chi connectivity index (χ4n) is 4.59. The van der Waals surface area contributed by atoms with E-state index in [1.165, 1.54) is 0 Å². The van der Waals surface area contributed by atoms with E-state index in [9.17, 15) is 25.4 Å². The highest BCUT2D eigenvalue weighted by Gasteiger charge is 2.40. The monoisotopic (exact) mass is 441 g/mol. The fraction of sp³-hybridized carbons (Fsp3) is 0. The van der Waals surface area contributed by atoms with Crippen molar-refractivity contribution in [2.45, 2.75) is 0 Å². The smallest absolute Gasteiger partial charge is 0.138 e. The molecule has 5 nitrogen and oxygen atoms in total. The first kappa shape index (κ1) is 20.5. The van der Waals surface area contributed by atoms with Crippen molar-refractivity contribution in [1.82, 2.24) is 4.98 Å². The van der Waals surface area contributed by atoms with Crippen LogP contribution >= 0.6 is 0 Å². The maximum absolute atomic E-state index is 15.2. The van der Waals surface area contributed by atoms with Gasteiger partial charge in [-0.2, -0.15) is 21.0 Å². The average molecular weight is 441 g/mol. The molecule has 0 N–H and O–H groups in total. The molecule has 3 aromatic rings. The maximum atomic E-state index is 15.2. The largest absolute Gasteiger partial charge is 0.256 e. The number of hydrogen-bond donors (Lipinski definition) is 0. The molecule has 34 heavy (non-hydrogen) atoms. The van der Waals surface area contributed by atoms with Crippen molar-refractivity contribution < 1.29 is 8.78 Å². The molecule has 0 aliphatic heterocycles. The summed E-state index contributed by atoms with van der Waals surface area (Å²) in [5.41, 5.74) is 2.09. The van der Waals surface area contributed by atoms with Crippen LogP contribution in [0, 0.1) is 57.0 Å². The van der Waals surface area contributed by atoms with E-state index in [1.807, 2.05) is 12.1 Å². The van der Waals surface area contributed by atoms with Gasteiger partial charge in [-0.1, -0.05) is 30.3 Å². The lowest BCUT2D eigenvalue weighted by Gasteiger charge is -2.12. The Labute approximate surface area is 192 Å². The molecule has 0 radical (unpaired) electrons. The minimum atomic E-state index is -1.01. The second-order valence-corrected chi connectivity index (χ2v) is 7.45. The minimum absolute atomic E-state index is 0.0297. The number of nitrogens with zero attached hydrogens (tertiary/aromatic N) is 5. The van der Waals surface area contributed by atoms with Crippen molar-refractivity contribution >= 4 is 16.7 Å². The highest BCUT2D eigenvalue weighted by Crippen LogP contribution is 2.56. The molecule has 2 aliphatic carbocycles. The van der Waals surface area contributed by atoms with Crippen LogP contribution < -0.4 is 0 Å². The number of halogens is 2. The predicted molar refractivity (Wildman–Crippen MR) is 118 cm³/mol. The van der Waals surface area contributed by atoms with Crippen molar-refractivity contribution in [3.05, 3.63) is 105 Å². The van der Waals surface area contributed by atoms with Gasteiger partial charge in [-0.05, 0) is 23.3 Å². The molecule has 0 amide bonds. The number of benzene rings is 2. The van der Waals surface area contributed by atoms with E-state index in [-0.39, 0.29) is 27.8 Å². The van der Waals surface area contributed by atoms with Gasteiger partial charge in [-0.25, -0.2) is 8.78 Å². The second kappa shape index (κ2) is 7.64. The van der Waals surface area contributed by atoms with Gasteiger partial charge in [0.05, 0.1) is 5.69 Å². The van der Waals surface area contributed by atoms with Gasteiger partial charge in [0, 0.05) is 51.2 Å². The quantitative estimate of drug-likeness (QED) is 0.337. The van der Waals surface area contributed by atoms with Crippen LogP contribution in [0.4, 0.5) is 8.78 Å². The van der Waals surface area contributed by atoms with Crippen molar-refractivity contribution in [1.29, 1.82) is 21.0 Å². The van der Waals surface area contributed by atoms with Gasteiger partial charge >= 0.3 is 0 Å². The molecule has 1 heterocycles. The molecule has 7 heteroatoms. The fourth-order valence-corrected chi connectivity index (χ4v) is 4.59. The topological polar surface area (TPSA) is 108 Å². The molecule has 1 aromatic heterocycles. The number of nitriles is 4. The Morgan fingerprint density at radius 3 is 1.97 bits per heavy atom. The van der Waals surface area contributed by atoms with Gasteiger partial charge in [-0.3, -0.25) is 4.98 Å². The Morgan fingerprint density at radius 1 is 0.676 bits per heavy atom. The summed E-state index contributed by atoms with van der Waals surface area (Å²) in [6.45, 7) is 0. The molecule has 5 rings (SSSR count). The number of rotatable bonds is 0. The predicted octanol–water partition coefficient (Wildman–Crippen LogP) is 5.46. The molecule has 0 saturated carbocycles. The number of pyridine rings is 1. The molecular weight excluding hydrogens is 432 g/mol. The van der Waals surface area contributed by atoms with Gasteiger partial charge < -0.3 is 0 Å². The highest BCUT2D eigenvalue weighted by atomic mass is 19.1. The molecule has 0 saturated heterocycles. The lowest BCUT2D eigenvalue weighted by Crippen LogP contribution is -1.96. The average Bonchev–Trinajstić information content (AvgIpc) is 3.34. The Bertz CT molecular complexity index is 1630. The van der Waals surface area contributed by atoms with Crippen LogP contribution in [0.2, 0.25) is 0 Å². The third-order valence-corrected chi connectivity index (χ3v) is 5.80. The van der Waals surface area contributed by atoms with Gasteiger partial charge in [0.2, 0.25) is 0 Å². The van der Waals surface area contributed by atoms with Crippen LogP contribution in [-0.4, -0.2) is 4.98 Å². The summed E-state index contributed by atoms with van der Waals surface area (Å²) in [4.78, 5) is 4.46. The van der Waals surface area contributed by atoms with E-state index in [1.54, 1.807) is 54.7 Å². The van der Waals surface area contributed by atoms with Crippen LogP contribution in [0.1, 0.15) is 22.3 Å². The van der Waals surface area contributed by atoms with Crippen LogP contribution in [0.3, 0.4) is 0 Å². The minimum Gasteiger partial charge on any atom is -0.256 e. The van der Waals surface area contributed by atoms with Crippen molar-refractivity contribution in [2.75, 3.05) is 0 Å². The summed E-state index contributed by atoms with van der Waals surface area (Å²) in [6.07, 6.45) is 1.61. The van der Waals surface area contributed by atoms with Crippen LogP contribution in [0.15, 0.2) is 71.4 Å². The Morgan fingerprint density at radius 2 is 1.29 bits per heavy atom. The van der Waals surface area contributed by atoms with Crippen molar-refractivity contribution in [3.8, 4) is 35.5 Å². The van der Waals surface area contributed by atoms with Gasteiger partial charge in [0.25, 0.3) is 0 Å². The summed E-state index contributed by atoms with van der Waals surface area (Å²) in [6, 6.07) is 19.6. The third-order valence-electron chi connectivity index (χ3n) is 5.80. The molecule has 0 spiro atoms. The number of allylic oxidation sites excluding steroid dienone is 5. The number of fused-ring (bicyclic) bond motifs is 4. The summed E-state index contributed by atoms with van der Waals surface area (Å²) in [5, 5.41) is 39.0. The Kier molecular flexibility index (Phi) is 4.62. The Balaban J connectivity index is 2.11. The molecular formula is C27H9F2N5. The van der Waals surface area contributed by atoms with Gasteiger partial charge in [0.15, 0.2) is 0 Å². The molecule has 2 aromatic carbocycles. The first-order valence-electron chi connectivity index (χ1n) is 9.94. The van der Waals surface area contributed by atoms with E-state index in [2.05, 4.69) is 4.98 Å². The first-order valence-corrected chi connectivity index (χ1v) is 9.94. The second-order valence-electron chi connectivity index (χ2n) is 7.45. The maximum Gasteiger partial charge on any atom is 0.138 e. The first-order chi connectivity index (χ1) is 16.5. The third kappa shape index (κ3) is 2.69. The summed E-state index contributed by atoms with van der Waals surface area (Å²) < 4.78 is 29.6. The molecule has 0 unspecified atom stereocenters. The zero-order chi connectivity index (χ0) is 24.0.